The molecule has 1 aromatic heterocycles. The number of hydrogen-bond acceptors (Lipinski definition) is 5. The zero-order chi connectivity index (χ0) is 25.4. The summed E-state index contributed by atoms with van der Waals surface area (Å²) in [6.07, 6.45) is 0.735. The highest BCUT2D eigenvalue weighted by Gasteiger charge is 2.32. The summed E-state index contributed by atoms with van der Waals surface area (Å²) in [5, 5.41) is 8.11. The number of ether oxygens (including phenoxy) is 1. The van der Waals surface area contributed by atoms with Crippen LogP contribution in [0.25, 0.3) is 22.2 Å². The van der Waals surface area contributed by atoms with Crippen LogP contribution in [-0.2, 0) is 0 Å². The Kier molecular flexibility index (Phi) is 6.18. The highest BCUT2D eigenvalue weighted by molar-refractivity contribution is 9.10. The number of fused-ring (bicyclic) bond motifs is 1. The average Bonchev–Trinajstić information content (AvgIpc) is 3.39. The minimum absolute atomic E-state index is 0.0406. The van der Waals surface area contributed by atoms with Gasteiger partial charge in [0.2, 0.25) is 5.95 Å². The number of nitrogens with zero attached hydrogens (tertiary/aromatic N) is 4. The Balaban J connectivity index is 1.52. The topological polar surface area (TPSA) is 50.6 Å². The first-order valence-corrected chi connectivity index (χ1v) is 13.0. The molecule has 0 saturated heterocycles. The van der Waals surface area contributed by atoms with Crippen molar-refractivity contribution in [3.63, 3.8) is 0 Å². The van der Waals surface area contributed by atoms with Crippen LogP contribution in [0.15, 0.2) is 107 Å². The summed E-state index contributed by atoms with van der Waals surface area (Å²) in [5.41, 5.74) is 7.23. The summed E-state index contributed by atoms with van der Waals surface area (Å²) < 4.78 is 6.39. The third-order valence-corrected chi connectivity index (χ3v) is 7.15. The van der Waals surface area contributed by atoms with E-state index in [1.165, 1.54) is 5.56 Å². The number of methoxy groups -OCH3 is 1. The van der Waals surface area contributed by atoms with Gasteiger partial charge in [-0.3, -0.25) is 0 Å². The van der Waals surface area contributed by atoms with Crippen LogP contribution in [-0.4, -0.2) is 22.8 Å². The van der Waals surface area contributed by atoms with Gasteiger partial charge in [0, 0.05) is 21.8 Å². The predicted molar refractivity (Wildman–Crippen MR) is 153 cm³/mol. The van der Waals surface area contributed by atoms with E-state index in [1.54, 1.807) is 7.11 Å². The molecule has 0 saturated carbocycles. The SMILES string of the molecule is COc1ccc(C2=NN(c3nc(-c4ccccc4)c4cc(C)ccc4n3)[C@@H](c3cccc(Br)c3)C2)cc1. The Hall–Kier alpha value is -4.03. The number of benzene rings is 4. The van der Waals surface area contributed by atoms with Gasteiger partial charge in [-0.05, 0) is 66.6 Å². The zero-order valence-corrected chi connectivity index (χ0v) is 22.2. The zero-order valence-electron chi connectivity index (χ0n) is 20.6. The summed E-state index contributed by atoms with van der Waals surface area (Å²) >= 11 is 3.64. The van der Waals surface area contributed by atoms with E-state index in [1.807, 2.05) is 41.4 Å². The summed E-state index contributed by atoms with van der Waals surface area (Å²) in [6.45, 7) is 2.09. The highest BCUT2D eigenvalue weighted by Crippen LogP contribution is 2.38. The van der Waals surface area contributed by atoms with Crippen molar-refractivity contribution in [2.45, 2.75) is 19.4 Å². The molecule has 0 bridgehead atoms. The lowest BCUT2D eigenvalue weighted by molar-refractivity contribution is 0.415. The van der Waals surface area contributed by atoms with Crippen LogP contribution in [0.3, 0.4) is 0 Å². The lowest BCUT2D eigenvalue weighted by Gasteiger charge is -2.23. The number of aryl methyl sites for hydroxylation is 1. The van der Waals surface area contributed by atoms with Gasteiger partial charge in [0.25, 0.3) is 0 Å². The third-order valence-electron chi connectivity index (χ3n) is 6.66. The number of hydrazone groups is 1. The molecule has 0 unspecified atom stereocenters. The molecule has 37 heavy (non-hydrogen) atoms. The summed E-state index contributed by atoms with van der Waals surface area (Å²) in [5.74, 6) is 1.41. The standard InChI is InChI=1S/C31H25BrN4O/c1-20-11-16-27-26(17-20)30(22-7-4-3-5-8-22)34-31(33-27)36-29(23-9-6-10-24(32)18-23)19-28(35-36)21-12-14-25(37-2)15-13-21/h3-18,29H,19H2,1-2H3/t29-/m1/s1. The molecular formula is C31H25BrN4O. The summed E-state index contributed by atoms with van der Waals surface area (Å²) in [6, 6.07) is 33.0. The smallest absolute Gasteiger partial charge is 0.247 e. The number of rotatable bonds is 5. The highest BCUT2D eigenvalue weighted by atomic mass is 79.9. The van der Waals surface area contributed by atoms with E-state index < -0.39 is 0 Å². The first kappa shape index (κ1) is 23.4. The molecule has 6 rings (SSSR count). The van der Waals surface area contributed by atoms with Crippen molar-refractivity contribution in [2.24, 2.45) is 5.10 Å². The van der Waals surface area contributed by atoms with Gasteiger partial charge in [0.15, 0.2) is 0 Å². The minimum Gasteiger partial charge on any atom is -0.497 e. The maximum Gasteiger partial charge on any atom is 0.247 e. The van der Waals surface area contributed by atoms with E-state index in [9.17, 15) is 0 Å². The second kappa shape index (κ2) is 9.79. The fraction of sp³-hybridized carbons (Fsp3) is 0.129. The molecule has 4 aromatic carbocycles. The van der Waals surface area contributed by atoms with Crippen LogP contribution in [0.1, 0.15) is 29.2 Å². The predicted octanol–water partition coefficient (Wildman–Crippen LogP) is 7.73. The van der Waals surface area contributed by atoms with Crippen molar-refractivity contribution in [1.82, 2.24) is 9.97 Å². The van der Waals surface area contributed by atoms with Gasteiger partial charge in [-0.2, -0.15) is 5.10 Å². The van der Waals surface area contributed by atoms with Gasteiger partial charge in [-0.25, -0.2) is 15.0 Å². The van der Waals surface area contributed by atoms with E-state index in [0.29, 0.717) is 5.95 Å². The van der Waals surface area contributed by atoms with Crippen LogP contribution in [0.2, 0.25) is 0 Å². The molecule has 0 spiro atoms. The van der Waals surface area contributed by atoms with E-state index >= 15 is 0 Å². The van der Waals surface area contributed by atoms with Crippen LogP contribution in [0.5, 0.6) is 5.75 Å². The van der Waals surface area contributed by atoms with E-state index in [4.69, 9.17) is 19.8 Å². The lowest BCUT2D eigenvalue weighted by Crippen LogP contribution is -2.21. The van der Waals surface area contributed by atoms with E-state index in [0.717, 1.165) is 55.6 Å². The second-order valence-corrected chi connectivity index (χ2v) is 10.1. The maximum absolute atomic E-state index is 5.35. The Morgan fingerprint density at radius 1 is 0.838 bits per heavy atom. The molecule has 0 aliphatic carbocycles. The normalized spacial score (nSPS) is 15.2. The molecule has 5 nitrogen and oxygen atoms in total. The number of aromatic nitrogens is 2. The van der Waals surface area contributed by atoms with Crippen LogP contribution >= 0.6 is 15.9 Å². The van der Waals surface area contributed by atoms with Crippen LogP contribution < -0.4 is 9.75 Å². The Labute approximate surface area is 224 Å². The average molecular weight is 549 g/mol. The maximum atomic E-state index is 5.35. The molecule has 5 aromatic rings. The molecule has 0 amide bonds. The molecule has 0 radical (unpaired) electrons. The van der Waals surface area contributed by atoms with Crippen molar-refractivity contribution >= 4 is 38.5 Å². The van der Waals surface area contributed by atoms with Crippen LogP contribution in [0, 0.1) is 6.92 Å². The fourth-order valence-corrected chi connectivity index (χ4v) is 5.19. The fourth-order valence-electron chi connectivity index (χ4n) is 4.77. The van der Waals surface area contributed by atoms with Crippen molar-refractivity contribution < 1.29 is 4.74 Å². The largest absolute Gasteiger partial charge is 0.497 e. The third kappa shape index (κ3) is 4.60. The number of anilines is 1. The van der Waals surface area contributed by atoms with Crippen LogP contribution in [0.4, 0.5) is 5.95 Å². The lowest BCUT2D eigenvalue weighted by atomic mass is 9.98. The first-order chi connectivity index (χ1) is 18.1. The molecule has 0 fully saturated rings. The van der Waals surface area contributed by atoms with Crippen molar-refractivity contribution in [2.75, 3.05) is 12.1 Å². The molecule has 1 aliphatic heterocycles. The molecule has 1 atom stereocenters. The van der Waals surface area contributed by atoms with Gasteiger partial charge in [-0.1, -0.05) is 70.0 Å². The minimum atomic E-state index is -0.0406. The molecule has 2 heterocycles. The van der Waals surface area contributed by atoms with E-state index in [2.05, 4.69) is 83.5 Å². The van der Waals surface area contributed by atoms with Gasteiger partial charge in [0.1, 0.15) is 5.75 Å². The number of halogens is 1. The van der Waals surface area contributed by atoms with Gasteiger partial charge < -0.3 is 4.74 Å². The Bertz CT molecular complexity index is 1620. The molecule has 182 valence electrons. The van der Waals surface area contributed by atoms with Crippen molar-refractivity contribution in [3.05, 3.63) is 118 Å². The Morgan fingerprint density at radius 2 is 1.65 bits per heavy atom. The summed E-state index contributed by atoms with van der Waals surface area (Å²) in [4.78, 5) is 10.1. The van der Waals surface area contributed by atoms with Crippen molar-refractivity contribution in [3.8, 4) is 17.0 Å². The first-order valence-electron chi connectivity index (χ1n) is 12.2. The molecule has 1 aliphatic rings. The number of hydrogen-bond donors (Lipinski definition) is 0. The van der Waals surface area contributed by atoms with Crippen molar-refractivity contribution in [1.29, 1.82) is 0 Å². The Morgan fingerprint density at radius 3 is 2.41 bits per heavy atom. The molecule has 6 heteroatoms. The van der Waals surface area contributed by atoms with E-state index in [-0.39, 0.29) is 6.04 Å². The van der Waals surface area contributed by atoms with Gasteiger partial charge in [0.05, 0.1) is 30.1 Å². The van der Waals surface area contributed by atoms with Gasteiger partial charge in [-0.15, -0.1) is 0 Å². The quantitative estimate of drug-likeness (QED) is 0.225. The molecular weight excluding hydrogens is 524 g/mol. The second-order valence-electron chi connectivity index (χ2n) is 9.15. The van der Waals surface area contributed by atoms with Gasteiger partial charge >= 0.3 is 0 Å². The monoisotopic (exact) mass is 548 g/mol. The summed E-state index contributed by atoms with van der Waals surface area (Å²) in [7, 11) is 1.68. The molecule has 0 N–H and O–H groups in total.